The standard InChI is InChI=1S/C16H21FN2O/c1-11-15-12(3-2-4-14(15)17)7-10-19(11)16(20)13-5-8-18-9-6-13/h2-4,11,13,18H,5-10H2,1H3/t11-/m1/s1. The zero-order valence-corrected chi connectivity index (χ0v) is 11.9. The normalized spacial score (nSPS) is 23.5. The number of amides is 1. The fourth-order valence-electron chi connectivity index (χ4n) is 3.46. The smallest absolute Gasteiger partial charge is 0.226 e. The summed E-state index contributed by atoms with van der Waals surface area (Å²) in [6.07, 6.45) is 2.55. The first-order chi connectivity index (χ1) is 9.68. The lowest BCUT2D eigenvalue weighted by molar-refractivity contribution is -0.139. The van der Waals surface area contributed by atoms with Crippen molar-refractivity contribution in [2.75, 3.05) is 19.6 Å². The highest BCUT2D eigenvalue weighted by molar-refractivity contribution is 5.79. The van der Waals surface area contributed by atoms with Crippen LogP contribution in [0.25, 0.3) is 0 Å². The van der Waals surface area contributed by atoms with Gasteiger partial charge in [-0.25, -0.2) is 4.39 Å². The molecule has 0 radical (unpaired) electrons. The van der Waals surface area contributed by atoms with E-state index in [2.05, 4.69) is 5.32 Å². The van der Waals surface area contributed by atoms with Gasteiger partial charge in [0.15, 0.2) is 0 Å². The fourth-order valence-corrected chi connectivity index (χ4v) is 3.46. The van der Waals surface area contributed by atoms with Crippen molar-refractivity contribution < 1.29 is 9.18 Å². The van der Waals surface area contributed by atoms with Gasteiger partial charge in [0.1, 0.15) is 5.82 Å². The van der Waals surface area contributed by atoms with Gasteiger partial charge in [-0.2, -0.15) is 0 Å². The van der Waals surface area contributed by atoms with Crippen molar-refractivity contribution in [3.63, 3.8) is 0 Å². The third kappa shape index (κ3) is 2.33. The van der Waals surface area contributed by atoms with Gasteiger partial charge in [0.25, 0.3) is 0 Å². The molecule has 1 fully saturated rings. The number of rotatable bonds is 1. The van der Waals surface area contributed by atoms with Gasteiger partial charge in [-0.05, 0) is 50.9 Å². The van der Waals surface area contributed by atoms with Crippen molar-refractivity contribution in [3.8, 4) is 0 Å². The zero-order chi connectivity index (χ0) is 14.1. The highest BCUT2D eigenvalue weighted by Gasteiger charge is 2.33. The van der Waals surface area contributed by atoms with Crippen LogP contribution >= 0.6 is 0 Å². The van der Waals surface area contributed by atoms with E-state index >= 15 is 0 Å². The minimum atomic E-state index is -0.183. The van der Waals surface area contributed by atoms with Gasteiger partial charge in [-0.3, -0.25) is 4.79 Å². The Kier molecular flexibility index (Phi) is 3.74. The minimum absolute atomic E-state index is 0.104. The summed E-state index contributed by atoms with van der Waals surface area (Å²) in [4.78, 5) is 14.5. The van der Waals surface area contributed by atoms with Crippen molar-refractivity contribution in [3.05, 3.63) is 35.1 Å². The SMILES string of the molecule is C[C@@H]1c2c(F)cccc2CCN1C(=O)C1CCNCC1. The molecule has 1 aromatic rings. The van der Waals surface area contributed by atoms with Gasteiger partial charge in [0.05, 0.1) is 6.04 Å². The molecule has 2 aliphatic rings. The number of fused-ring (bicyclic) bond motifs is 1. The maximum Gasteiger partial charge on any atom is 0.226 e. The summed E-state index contributed by atoms with van der Waals surface area (Å²) >= 11 is 0. The van der Waals surface area contributed by atoms with Crippen molar-refractivity contribution in [2.24, 2.45) is 5.92 Å². The van der Waals surface area contributed by atoms with E-state index < -0.39 is 0 Å². The second-order valence-electron chi connectivity index (χ2n) is 5.79. The quantitative estimate of drug-likeness (QED) is 0.853. The Bertz CT molecular complexity index is 511. The summed E-state index contributed by atoms with van der Waals surface area (Å²) in [5.41, 5.74) is 1.76. The van der Waals surface area contributed by atoms with Gasteiger partial charge in [-0.15, -0.1) is 0 Å². The fraction of sp³-hybridized carbons (Fsp3) is 0.562. The maximum atomic E-state index is 14.1. The number of nitrogens with zero attached hydrogens (tertiary/aromatic N) is 1. The van der Waals surface area contributed by atoms with Gasteiger partial charge < -0.3 is 10.2 Å². The molecule has 20 heavy (non-hydrogen) atoms. The maximum absolute atomic E-state index is 14.1. The average molecular weight is 276 g/mol. The number of nitrogens with one attached hydrogen (secondary N) is 1. The Balaban J connectivity index is 1.82. The Morgan fingerprint density at radius 3 is 2.85 bits per heavy atom. The minimum Gasteiger partial charge on any atom is -0.335 e. The van der Waals surface area contributed by atoms with E-state index in [1.165, 1.54) is 6.07 Å². The largest absolute Gasteiger partial charge is 0.335 e. The monoisotopic (exact) mass is 276 g/mol. The molecule has 0 aliphatic carbocycles. The molecule has 1 aromatic carbocycles. The lowest BCUT2D eigenvalue weighted by Crippen LogP contribution is -2.45. The van der Waals surface area contributed by atoms with E-state index in [9.17, 15) is 9.18 Å². The number of carbonyl (C=O) groups excluding carboxylic acids is 1. The van der Waals surface area contributed by atoms with E-state index in [0.717, 1.165) is 37.9 Å². The van der Waals surface area contributed by atoms with Crippen LogP contribution in [0.4, 0.5) is 4.39 Å². The predicted octanol–water partition coefficient (Wildman–Crippen LogP) is 2.27. The molecule has 1 amide bonds. The molecular formula is C16H21FN2O. The molecule has 1 saturated heterocycles. The predicted molar refractivity (Wildman–Crippen MR) is 75.8 cm³/mol. The molecule has 2 aliphatic heterocycles. The number of hydrogen-bond acceptors (Lipinski definition) is 2. The second kappa shape index (κ2) is 5.52. The Morgan fingerprint density at radius 1 is 1.35 bits per heavy atom. The summed E-state index contributed by atoms with van der Waals surface area (Å²) in [6, 6.07) is 5.07. The van der Waals surface area contributed by atoms with Gasteiger partial charge >= 0.3 is 0 Å². The van der Waals surface area contributed by atoms with Crippen LogP contribution in [0.5, 0.6) is 0 Å². The van der Waals surface area contributed by atoms with Crippen LogP contribution in [-0.2, 0) is 11.2 Å². The highest BCUT2D eigenvalue weighted by Crippen LogP contribution is 2.33. The lowest BCUT2D eigenvalue weighted by atomic mass is 9.90. The van der Waals surface area contributed by atoms with E-state index in [1.807, 2.05) is 17.9 Å². The third-order valence-electron chi connectivity index (χ3n) is 4.62. The third-order valence-corrected chi connectivity index (χ3v) is 4.62. The van der Waals surface area contributed by atoms with Gasteiger partial charge in [0.2, 0.25) is 5.91 Å². The highest BCUT2D eigenvalue weighted by atomic mass is 19.1. The molecule has 2 heterocycles. The van der Waals surface area contributed by atoms with E-state index in [1.54, 1.807) is 6.07 Å². The number of benzene rings is 1. The topological polar surface area (TPSA) is 32.3 Å². The van der Waals surface area contributed by atoms with Gasteiger partial charge in [0, 0.05) is 18.0 Å². The van der Waals surface area contributed by atoms with Crippen LogP contribution in [0.1, 0.15) is 36.9 Å². The number of hydrogen-bond donors (Lipinski definition) is 1. The molecule has 0 bridgehead atoms. The van der Waals surface area contributed by atoms with Crippen molar-refractivity contribution in [2.45, 2.75) is 32.2 Å². The molecule has 0 saturated carbocycles. The van der Waals surface area contributed by atoms with Crippen LogP contribution in [0.2, 0.25) is 0 Å². The second-order valence-corrected chi connectivity index (χ2v) is 5.79. The molecule has 0 unspecified atom stereocenters. The van der Waals surface area contributed by atoms with Crippen LogP contribution in [0.3, 0.4) is 0 Å². The van der Waals surface area contributed by atoms with E-state index in [0.29, 0.717) is 12.1 Å². The summed E-state index contributed by atoms with van der Waals surface area (Å²) in [6.45, 7) is 4.47. The van der Waals surface area contributed by atoms with Crippen molar-refractivity contribution >= 4 is 5.91 Å². The Labute approximate surface area is 119 Å². The molecule has 3 nitrogen and oxygen atoms in total. The number of halogens is 1. The van der Waals surface area contributed by atoms with Crippen molar-refractivity contribution in [1.82, 2.24) is 10.2 Å². The molecule has 0 spiro atoms. The summed E-state index contributed by atoms with van der Waals surface area (Å²) < 4.78 is 14.1. The summed E-state index contributed by atoms with van der Waals surface area (Å²) in [7, 11) is 0. The van der Waals surface area contributed by atoms with E-state index in [-0.39, 0.29) is 23.7 Å². The molecular weight excluding hydrogens is 255 g/mol. The van der Waals surface area contributed by atoms with Crippen LogP contribution in [-0.4, -0.2) is 30.4 Å². The first-order valence-corrected chi connectivity index (χ1v) is 7.47. The van der Waals surface area contributed by atoms with Crippen LogP contribution < -0.4 is 5.32 Å². The first-order valence-electron chi connectivity index (χ1n) is 7.47. The summed E-state index contributed by atoms with van der Waals surface area (Å²) in [5.74, 6) is 0.123. The number of piperidine rings is 1. The molecule has 1 atom stereocenters. The molecule has 1 N–H and O–H groups in total. The Morgan fingerprint density at radius 2 is 2.10 bits per heavy atom. The van der Waals surface area contributed by atoms with Crippen molar-refractivity contribution in [1.29, 1.82) is 0 Å². The van der Waals surface area contributed by atoms with Crippen LogP contribution in [0.15, 0.2) is 18.2 Å². The van der Waals surface area contributed by atoms with E-state index in [4.69, 9.17) is 0 Å². The molecule has 4 heteroatoms. The summed E-state index contributed by atoms with van der Waals surface area (Å²) in [5, 5.41) is 3.28. The molecule has 0 aromatic heterocycles. The molecule has 108 valence electrons. The zero-order valence-electron chi connectivity index (χ0n) is 11.9. The average Bonchev–Trinajstić information content (AvgIpc) is 2.48. The Hall–Kier alpha value is -1.42. The molecule has 3 rings (SSSR count). The van der Waals surface area contributed by atoms with Gasteiger partial charge in [-0.1, -0.05) is 12.1 Å². The lowest BCUT2D eigenvalue weighted by Gasteiger charge is -2.38. The number of carbonyl (C=O) groups is 1. The first kappa shape index (κ1) is 13.6. The van der Waals surface area contributed by atoms with Crippen LogP contribution in [0, 0.1) is 11.7 Å².